The number of para-hydroxylation sites is 6. The van der Waals surface area contributed by atoms with Gasteiger partial charge in [-0.1, -0.05) is 383 Å². The van der Waals surface area contributed by atoms with Crippen LogP contribution in [0.3, 0.4) is 0 Å². The highest BCUT2D eigenvalue weighted by atomic mass is 16.5. The lowest BCUT2D eigenvalue weighted by Crippen LogP contribution is -2.57. The molecule has 5 aliphatic rings. The van der Waals surface area contributed by atoms with E-state index in [1.165, 1.54) is 155 Å². The highest BCUT2D eigenvalue weighted by Gasteiger charge is 2.44. The number of benzene rings is 16. The molecule has 0 N–H and O–H groups in total. The van der Waals surface area contributed by atoms with E-state index in [1.807, 2.05) is 30.3 Å². The Morgan fingerprint density at radius 3 is 0.976 bits per heavy atom. The number of aromatic nitrogens is 1. The molecule has 602 valence electrons. The number of nitrogens with zero attached hydrogens (tertiary/aromatic N) is 1. The van der Waals surface area contributed by atoms with Gasteiger partial charge in [0, 0.05) is 32.5 Å². The zero-order valence-electron chi connectivity index (χ0n) is 73.2. The molecule has 7 heteroatoms. The summed E-state index contributed by atoms with van der Waals surface area (Å²) in [6, 6.07) is 126. The summed E-state index contributed by atoms with van der Waals surface area (Å²) in [5.41, 5.74) is 33.8. The molecule has 0 saturated heterocycles. The molecule has 6 heterocycles. The highest BCUT2D eigenvalue weighted by molar-refractivity contribution is 6.99. The van der Waals surface area contributed by atoms with Gasteiger partial charge in [-0.2, -0.15) is 0 Å². The summed E-state index contributed by atoms with van der Waals surface area (Å²) in [4.78, 5) is 0. The number of hydrogen-bond donors (Lipinski definition) is 0. The minimum Gasteiger partial charge on any atom is -0.458 e. The van der Waals surface area contributed by atoms with Crippen molar-refractivity contribution < 1.29 is 18.9 Å². The predicted molar refractivity (Wildman–Crippen MR) is 522 cm³/mol. The van der Waals surface area contributed by atoms with E-state index in [1.54, 1.807) is 0 Å². The average molecular weight is 1600 g/mol. The van der Waals surface area contributed by atoms with Crippen molar-refractivity contribution in [1.29, 1.82) is 0 Å². The smallest absolute Gasteiger partial charge is 0.260 e. The van der Waals surface area contributed by atoms with E-state index < -0.39 is 0 Å². The van der Waals surface area contributed by atoms with Gasteiger partial charge in [0.2, 0.25) is 0 Å². The van der Waals surface area contributed by atoms with Crippen molar-refractivity contribution in [2.24, 2.45) is 0 Å². The zero-order valence-corrected chi connectivity index (χ0v) is 73.2. The number of hydrogen-bond acceptors (Lipinski definition) is 4. The maximum Gasteiger partial charge on any atom is 0.260 e. The summed E-state index contributed by atoms with van der Waals surface area (Å²) in [7, 11) is 0. The monoisotopic (exact) mass is 1600 g/mol. The molecule has 23 rings (SSSR count). The van der Waals surface area contributed by atoms with Crippen LogP contribution in [-0.2, 0) is 27.1 Å². The van der Waals surface area contributed by atoms with Crippen molar-refractivity contribution in [3.63, 3.8) is 0 Å². The Balaban J connectivity index is 0.000000101. The topological polar surface area (TPSA) is 41.3 Å². The fourth-order valence-corrected chi connectivity index (χ4v) is 19.1. The molecule has 5 nitrogen and oxygen atoms in total. The highest BCUT2D eigenvalue weighted by Crippen LogP contribution is 2.51. The fourth-order valence-electron chi connectivity index (χ4n) is 19.1. The lowest BCUT2D eigenvalue weighted by Gasteiger charge is -2.35. The minimum absolute atomic E-state index is 0.00182. The third-order valence-electron chi connectivity index (χ3n) is 25.2. The first-order valence-corrected chi connectivity index (χ1v) is 43.5. The van der Waals surface area contributed by atoms with E-state index in [0.717, 1.165) is 56.9 Å². The van der Waals surface area contributed by atoms with Crippen LogP contribution in [0.25, 0.3) is 105 Å². The van der Waals surface area contributed by atoms with Crippen LogP contribution in [0.2, 0.25) is 0 Å². The lowest BCUT2D eigenvalue weighted by atomic mass is 9.34. The van der Waals surface area contributed by atoms with Gasteiger partial charge in [-0.3, -0.25) is 0 Å². The van der Waals surface area contributed by atoms with Crippen LogP contribution < -0.4 is 51.7 Å². The molecule has 0 fully saturated rings. The molecule has 123 heavy (non-hydrogen) atoms. The van der Waals surface area contributed by atoms with E-state index in [-0.39, 0.29) is 40.5 Å². The van der Waals surface area contributed by atoms with E-state index in [9.17, 15) is 0 Å². The quantitative estimate of drug-likeness (QED) is 0.162. The van der Waals surface area contributed by atoms with Crippen molar-refractivity contribution >= 4 is 84.3 Å². The molecule has 0 amide bonds. The zero-order chi connectivity index (χ0) is 85.0. The van der Waals surface area contributed by atoms with Gasteiger partial charge >= 0.3 is 0 Å². The standard InChI is InChI=1S/C28H24.2C22H19BO2.C22H19N.C22H22/c1-28(2,3)19-16-17-26-24-14-7-6-12-22(24)20-10-4-5-11-21(20)23-13-8-9-15-25(23)27(26)18-19;1-22(2,3)14-12-19-21-20(13-14)25-18-11-7-5-9-16(18)23(21)15-8-4-6-10-17(15)24-19;1-22(2,3)14-12-13-19-20-21(14)25-18-11-7-5-9-16(18)23(20)15-8-4-6-10-17(15)24-19;1-22(2,3)14-12-17-15-8-4-6-10-19(15)23-20-11-7-5-9-16(20)18(13-14)21(17)23;1-22(2,3)21-19(17-11-6-4-7-12-17)15-10-16-20(21)18-13-8-5-9-14-18/h4-18H,1-3H3;2*4-13H,1-3H3;4-13H,1-3H3;4-16H,1-3H3. The second-order valence-electron chi connectivity index (χ2n) is 38.6. The van der Waals surface area contributed by atoms with Gasteiger partial charge < -0.3 is 23.3 Å². The van der Waals surface area contributed by atoms with Crippen LogP contribution in [0, 0.1) is 0 Å². The van der Waals surface area contributed by atoms with Crippen LogP contribution >= 0.6 is 0 Å². The Hall–Kier alpha value is -13.4. The van der Waals surface area contributed by atoms with Crippen molar-refractivity contribution in [1.82, 2.24) is 4.40 Å². The molecule has 0 saturated carbocycles. The summed E-state index contributed by atoms with van der Waals surface area (Å²) in [5, 5.41) is 5.45. The minimum atomic E-state index is -0.00182. The maximum absolute atomic E-state index is 6.42. The summed E-state index contributed by atoms with van der Waals surface area (Å²) >= 11 is 0. The second kappa shape index (κ2) is 31.0. The summed E-state index contributed by atoms with van der Waals surface area (Å²) < 4.78 is 27.7. The summed E-state index contributed by atoms with van der Waals surface area (Å²) in [6.07, 6.45) is 0. The molecule has 0 spiro atoms. The molecule has 2 aromatic heterocycles. The Morgan fingerprint density at radius 1 is 0.220 bits per heavy atom. The third kappa shape index (κ3) is 14.5. The van der Waals surface area contributed by atoms with Gasteiger partial charge in [0.1, 0.15) is 46.0 Å². The Kier molecular flexibility index (Phi) is 20.0. The Bertz CT molecular complexity index is 6870. The van der Waals surface area contributed by atoms with Gasteiger partial charge in [0.05, 0.1) is 16.6 Å². The molecule has 0 radical (unpaired) electrons. The van der Waals surface area contributed by atoms with E-state index in [2.05, 4.69) is 430 Å². The van der Waals surface area contributed by atoms with Gasteiger partial charge in [0.15, 0.2) is 0 Å². The van der Waals surface area contributed by atoms with Crippen LogP contribution in [0.4, 0.5) is 0 Å². The molecule has 4 aliphatic heterocycles. The molecule has 0 unspecified atom stereocenters. The number of rotatable bonds is 2. The molecular formula is C116H103B2NO4. The van der Waals surface area contributed by atoms with Crippen LogP contribution in [0.1, 0.15) is 132 Å². The van der Waals surface area contributed by atoms with Crippen molar-refractivity contribution in [3.8, 4) is 113 Å². The Morgan fingerprint density at radius 2 is 0.561 bits per heavy atom. The summed E-state index contributed by atoms with van der Waals surface area (Å²) in [5.74, 6) is 7.46. The van der Waals surface area contributed by atoms with E-state index >= 15 is 0 Å². The van der Waals surface area contributed by atoms with Crippen LogP contribution in [0.15, 0.2) is 352 Å². The summed E-state index contributed by atoms with van der Waals surface area (Å²) in [6.45, 7) is 34.2. The first-order chi connectivity index (χ1) is 59.2. The second-order valence-corrected chi connectivity index (χ2v) is 38.6. The van der Waals surface area contributed by atoms with Crippen LogP contribution in [0.5, 0.6) is 46.0 Å². The van der Waals surface area contributed by atoms with Crippen molar-refractivity contribution in [2.75, 3.05) is 0 Å². The van der Waals surface area contributed by atoms with Gasteiger partial charge in [-0.05, 0) is 216 Å². The van der Waals surface area contributed by atoms with Gasteiger partial charge in [-0.25, -0.2) is 0 Å². The van der Waals surface area contributed by atoms with Gasteiger partial charge in [-0.15, -0.1) is 0 Å². The largest absolute Gasteiger partial charge is 0.458 e. The number of fused-ring (bicyclic) bond motifs is 22. The molecule has 1 aliphatic carbocycles. The van der Waals surface area contributed by atoms with Crippen molar-refractivity contribution in [3.05, 3.63) is 380 Å². The molecule has 16 aromatic carbocycles. The Labute approximate surface area is 726 Å². The van der Waals surface area contributed by atoms with Crippen molar-refractivity contribution in [2.45, 2.75) is 131 Å². The first kappa shape index (κ1) is 79.4. The fraction of sp³-hybridized carbons (Fsp3) is 0.172. The predicted octanol–water partition coefficient (Wildman–Crippen LogP) is 27.8. The van der Waals surface area contributed by atoms with Gasteiger partial charge in [0.25, 0.3) is 13.4 Å². The molecule has 18 aromatic rings. The normalized spacial score (nSPS) is 12.9. The lowest BCUT2D eigenvalue weighted by molar-refractivity contribution is 0.446. The SMILES string of the molecule is CC(C)(C)c1c(-c2ccccc2)cccc1-c1ccccc1.CC(C)(C)c1cc2c3c(c1)Oc1ccccc1B3c1ccccc1O2.CC(C)(C)c1cc2c3ccccc3n3c4ccccc4c(c1)c23.CC(C)(C)c1ccc2c(c1)-c1ccccc1-c1ccccc1-c1ccccc1-2.CC(C)(C)c1ccc2c3c1Oc1ccccc1B3c1ccccc1O2. The molecule has 0 bridgehead atoms. The number of ether oxygens (including phenoxy) is 4. The van der Waals surface area contributed by atoms with E-state index in [0.29, 0.717) is 0 Å². The molecule has 0 atom stereocenters. The first-order valence-electron chi connectivity index (χ1n) is 43.5. The average Bonchev–Trinajstić information content (AvgIpc) is 1.67. The van der Waals surface area contributed by atoms with E-state index in [4.69, 9.17) is 18.9 Å². The van der Waals surface area contributed by atoms with Crippen LogP contribution in [-0.4, -0.2) is 17.8 Å². The maximum atomic E-state index is 6.42. The third-order valence-corrected chi connectivity index (χ3v) is 25.2. The molecular weight excluding hydrogens is 1490 g/mol.